The van der Waals surface area contributed by atoms with Crippen LogP contribution in [0.15, 0.2) is 47.4 Å². The fraction of sp³-hybridized carbons (Fsp3) is 0.217. The summed E-state index contributed by atoms with van der Waals surface area (Å²) in [6.45, 7) is 2.76. The molecule has 0 spiro atoms. The quantitative estimate of drug-likeness (QED) is 0.269. The standard InChI is InChI=1S/C23H23ClN10O/c1-13(30-20-14(12-25)19(26)32-23(27)33-20)21-31-16-7-4-6-15(24)18(16)22(35)34(21)11-5-10-29-17-8-2-3-9-28-17/h2-4,6-9,13H,5,10-11H2,1H3,(H,28,29)(H5,26,27,30,32,33). The van der Waals surface area contributed by atoms with Gasteiger partial charge in [0.05, 0.1) is 22.0 Å². The van der Waals surface area contributed by atoms with E-state index in [1.165, 1.54) is 0 Å². The zero-order valence-corrected chi connectivity index (χ0v) is 19.6. The fourth-order valence-electron chi connectivity index (χ4n) is 3.69. The third-order valence-electron chi connectivity index (χ3n) is 5.30. The molecule has 3 heterocycles. The number of nitriles is 1. The van der Waals surface area contributed by atoms with E-state index in [2.05, 4.69) is 25.6 Å². The van der Waals surface area contributed by atoms with Crippen LogP contribution in [0.1, 0.15) is 30.8 Å². The van der Waals surface area contributed by atoms with Crippen LogP contribution in [0.2, 0.25) is 5.02 Å². The van der Waals surface area contributed by atoms with E-state index in [4.69, 9.17) is 28.1 Å². The molecule has 6 N–H and O–H groups in total. The Hall–Kier alpha value is -4.43. The van der Waals surface area contributed by atoms with Crippen LogP contribution >= 0.6 is 11.6 Å². The first-order valence-electron chi connectivity index (χ1n) is 10.8. The van der Waals surface area contributed by atoms with Crippen molar-refractivity contribution >= 4 is 45.9 Å². The van der Waals surface area contributed by atoms with Crippen LogP contribution in [0.25, 0.3) is 10.9 Å². The summed E-state index contributed by atoms with van der Waals surface area (Å²) in [5.74, 6) is 1.24. The summed E-state index contributed by atoms with van der Waals surface area (Å²) in [4.78, 5) is 30.4. The van der Waals surface area contributed by atoms with Gasteiger partial charge in [-0.3, -0.25) is 9.36 Å². The minimum absolute atomic E-state index is 0.0362. The average Bonchev–Trinajstić information content (AvgIpc) is 2.83. The number of anilines is 4. The zero-order valence-electron chi connectivity index (χ0n) is 18.9. The Morgan fingerprint density at radius 3 is 2.74 bits per heavy atom. The molecule has 0 saturated carbocycles. The van der Waals surface area contributed by atoms with Crippen molar-refractivity contribution in [2.45, 2.75) is 25.9 Å². The molecule has 0 aliphatic carbocycles. The minimum Gasteiger partial charge on any atom is -0.382 e. The Balaban J connectivity index is 1.68. The predicted molar refractivity (Wildman–Crippen MR) is 136 cm³/mol. The number of nitrogens with zero attached hydrogens (tertiary/aromatic N) is 6. The maximum Gasteiger partial charge on any atom is 0.262 e. The second-order valence-corrected chi connectivity index (χ2v) is 8.13. The number of aromatic nitrogens is 5. The molecule has 3 aromatic heterocycles. The normalized spacial score (nSPS) is 11.7. The lowest BCUT2D eigenvalue weighted by Gasteiger charge is -2.21. The van der Waals surface area contributed by atoms with E-state index in [0.29, 0.717) is 41.3 Å². The molecular formula is C23H23ClN10O. The SMILES string of the molecule is CC(Nc1nc(N)nc(N)c1C#N)c1nc2cccc(Cl)c2c(=O)n1CCCNc1ccccn1. The van der Waals surface area contributed by atoms with Crippen LogP contribution in [0, 0.1) is 11.3 Å². The lowest BCUT2D eigenvalue weighted by Crippen LogP contribution is -2.29. The van der Waals surface area contributed by atoms with E-state index < -0.39 is 6.04 Å². The van der Waals surface area contributed by atoms with Crippen LogP contribution < -0.4 is 27.7 Å². The van der Waals surface area contributed by atoms with Gasteiger partial charge in [-0.05, 0) is 37.6 Å². The van der Waals surface area contributed by atoms with Crippen molar-refractivity contribution in [1.82, 2.24) is 24.5 Å². The van der Waals surface area contributed by atoms with E-state index in [9.17, 15) is 10.1 Å². The highest BCUT2D eigenvalue weighted by molar-refractivity contribution is 6.35. The Labute approximate surface area is 205 Å². The van der Waals surface area contributed by atoms with Crippen LogP contribution in [0.4, 0.5) is 23.4 Å². The van der Waals surface area contributed by atoms with Gasteiger partial charge in [-0.15, -0.1) is 0 Å². The van der Waals surface area contributed by atoms with E-state index in [-0.39, 0.29) is 28.7 Å². The first-order valence-corrected chi connectivity index (χ1v) is 11.2. The average molecular weight is 491 g/mol. The number of nitrogens with one attached hydrogen (secondary N) is 2. The number of fused-ring (bicyclic) bond motifs is 1. The smallest absolute Gasteiger partial charge is 0.262 e. The largest absolute Gasteiger partial charge is 0.382 e. The van der Waals surface area contributed by atoms with E-state index in [1.54, 1.807) is 35.9 Å². The topological polar surface area (TPSA) is 173 Å². The minimum atomic E-state index is -0.532. The monoisotopic (exact) mass is 490 g/mol. The van der Waals surface area contributed by atoms with Gasteiger partial charge in [0.15, 0.2) is 5.82 Å². The highest BCUT2D eigenvalue weighted by Crippen LogP contribution is 2.25. The molecule has 35 heavy (non-hydrogen) atoms. The Morgan fingerprint density at radius 1 is 1.17 bits per heavy atom. The summed E-state index contributed by atoms with van der Waals surface area (Å²) < 4.78 is 1.58. The molecule has 1 atom stereocenters. The molecule has 4 rings (SSSR count). The third kappa shape index (κ3) is 5.07. The molecular weight excluding hydrogens is 468 g/mol. The Kier molecular flexibility index (Phi) is 6.93. The van der Waals surface area contributed by atoms with Crippen LogP contribution in [0.3, 0.4) is 0 Å². The van der Waals surface area contributed by atoms with Gasteiger partial charge in [-0.1, -0.05) is 23.7 Å². The predicted octanol–water partition coefficient (Wildman–Crippen LogP) is 2.95. The maximum atomic E-state index is 13.5. The Bertz CT molecular complexity index is 1470. The number of nitrogens with two attached hydrogens (primary N) is 2. The lowest BCUT2D eigenvalue weighted by atomic mass is 10.2. The number of nitrogen functional groups attached to an aromatic ring is 2. The highest BCUT2D eigenvalue weighted by atomic mass is 35.5. The highest BCUT2D eigenvalue weighted by Gasteiger charge is 2.20. The molecule has 0 amide bonds. The molecule has 0 bridgehead atoms. The maximum absolute atomic E-state index is 13.5. The second kappa shape index (κ2) is 10.2. The van der Waals surface area contributed by atoms with Gasteiger partial charge >= 0.3 is 0 Å². The molecule has 12 heteroatoms. The van der Waals surface area contributed by atoms with Gasteiger partial charge in [0.2, 0.25) is 5.95 Å². The van der Waals surface area contributed by atoms with E-state index in [1.807, 2.05) is 24.3 Å². The summed E-state index contributed by atoms with van der Waals surface area (Å²) >= 11 is 6.34. The summed E-state index contributed by atoms with van der Waals surface area (Å²) in [6.07, 6.45) is 2.32. The van der Waals surface area contributed by atoms with Crippen molar-refractivity contribution in [3.63, 3.8) is 0 Å². The molecule has 11 nitrogen and oxygen atoms in total. The lowest BCUT2D eigenvalue weighted by molar-refractivity contribution is 0.575. The van der Waals surface area contributed by atoms with Gasteiger partial charge in [0.25, 0.3) is 5.56 Å². The molecule has 0 aliphatic rings. The summed E-state index contributed by atoms with van der Waals surface area (Å²) in [6, 6.07) is 12.2. The first-order chi connectivity index (χ1) is 16.9. The summed E-state index contributed by atoms with van der Waals surface area (Å²) in [5.41, 5.74) is 11.8. The van der Waals surface area contributed by atoms with Crippen molar-refractivity contribution in [2.24, 2.45) is 0 Å². The van der Waals surface area contributed by atoms with E-state index >= 15 is 0 Å². The molecule has 0 fully saturated rings. The number of halogens is 1. The number of hydrogen-bond acceptors (Lipinski definition) is 10. The van der Waals surface area contributed by atoms with Crippen molar-refractivity contribution < 1.29 is 0 Å². The van der Waals surface area contributed by atoms with Gasteiger partial charge in [0, 0.05) is 19.3 Å². The number of hydrogen-bond donors (Lipinski definition) is 4. The number of rotatable bonds is 8. The Morgan fingerprint density at radius 2 is 2.00 bits per heavy atom. The fourth-order valence-corrected chi connectivity index (χ4v) is 3.94. The molecule has 1 aromatic carbocycles. The molecule has 0 aliphatic heterocycles. The van der Waals surface area contributed by atoms with Crippen LogP contribution in [0.5, 0.6) is 0 Å². The summed E-state index contributed by atoms with van der Waals surface area (Å²) in [7, 11) is 0. The van der Waals surface area contributed by atoms with Crippen molar-refractivity contribution in [3.05, 3.63) is 69.4 Å². The van der Waals surface area contributed by atoms with Gasteiger partial charge in [-0.2, -0.15) is 15.2 Å². The van der Waals surface area contributed by atoms with Gasteiger partial charge in [0.1, 0.15) is 29.1 Å². The van der Waals surface area contributed by atoms with Gasteiger partial charge in [-0.25, -0.2) is 9.97 Å². The first kappa shape index (κ1) is 23.7. The zero-order chi connectivity index (χ0) is 24.9. The molecule has 178 valence electrons. The van der Waals surface area contributed by atoms with Crippen LogP contribution in [-0.4, -0.2) is 31.0 Å². The third-order valence-corrected chi connectivity index (χ3v) is 5.61. The van der Waals surface area contributed by atoms with Crippen molar-refractivity contribution in [1.29, 1.82) is 5.26 Å². The number of benzene rings is 1. The van der Waals surface area contributed by atoms with Crippen molar-refractivity contribution in [2.75, 3.05) is 28.6 Å². The number of pyridine rings is 1. The molecule has 0 saturated heterocycles. The second-order valence-electron chi connectivity index (χ2n) is 7.72. The molecule has 1 unspecified atom stereocenters. The summed E-state index contributed by atoms with van der Waals surface area (Å²) in [5, 5.41) is 16.5. The molecule has 0 radical (unpaired) electrons. The van der Waals surface area contributed by atoms with E-state index in [0.717, 1.165) is 5.82 Å². The van der Waals surface area contributed by atoms with Crippen LogP contribution in [-0.2, 0) is 6.54 Å². The van der Waals surface area contributed by atoms with Crippen molar-refractivity contribution in [3.8, 4) is 6.07 Å². The molecule has 4 aromatic rings. The van der Waals surface area contributed by atoms with Gasteiger partial charge < -0.3 is 22.1 Å².